The molecular formula is C15H7F2N3OS3. The van der Waals surface area contributed by atoms with Crippen LogP contribution in [0.15, 0.2) is 34.3 Å². The Kier molecular flexibility index (Phi) is 3.83. The minimum absolute atomic E-state index is 0.269. The summed E-state index contributed by atoms with van der Waals surface area (Å²) in [6.45, 7) is 0. The molecule has 0 aliphatic rings. The monoisotopic (exact) mass is 379 g/mol. The Morgan fingerprint density at radius 3 is 2.75 bits per heavy atom. The topological polar surface area (TPSA) is 54.9 Å². The number of thiazole rings is 2. The predicted octanol–water partition coefficient (Wildman–Crippen LogP) is 5.01. The maximum atomic E-state index is 13.2. The number of hydrogen-bond acceptors (Lipinski definition) is 6. The zero-order chi connectivity index (χ0) is 16.7. The van der Waals surface area contributed by atoms with Gasteiger partial charge in [-0.1, -0.05) is 11.3 Å². The first-order chi connectivity index (χ1) is 11.6. The van der Waals surface area contributed by atoms with Crippen molar-refractivity contribution in [1.82, 2.24) is 9.97 Å². The average molecular weight is 379 g/mol. The van der Waals surface area contributed by atoms with Gasteiger partial charge in [-0.3, -0.25) is 10.1 Å². The summed E-state index contributed by atoms with van der Waals surface area (Å²) in [5.74, 6) is -2.32. The second-order valence-electron chi connectivity index (χ2n) is 4.76. The van der Waals surface area contributed by atoms with Gasteiger partial charge in [0, 0.05) is 22.4 Å². The molecule has 9 heteroatoms. The van der Waals surface area contributed by atoms with Crippen LogP contribution in [-0.2, 0) is 0 Å². The Labute approximate surface area is 146 Å². The van der Waals surface area contributed by atoms with E-state index in [1.807, 2.05) is 16.8 Å². The molecule has 4 aromatic rings. The molecule has 1 aromatic carbocycles. The van der Waals surface area contributed by atoms with Crippen molar-refractivity contribution < 1.29 is 13.6 Å². The van der Waals surface area contributed by atoms with Gasteiger partial charge in [0.25, 0.3) is 5.91 Å². The highest BCUT2D eigenvalue weighted by molar-refractivity contribution is 7.22. The quantitative estimate of drug-likeness (QED) is 0.544. The van der Waals surface area contributed by atoms with Gasteiger partial charge in [0.05, 0.1) is 10.2 Å². The highest BCUT2D eigenvalue weighted by atomic mass is 32.1. The summed E-state index contributed by atoms with van der Waals surface area (Å²) in [7, 11) is 0. The third-order valence-electron chi connectivity index (χ3n) is 3.16. The number of rotatable bonds is 3. The molecule has 0 atom stereocenters. The molecule has 0 aliphatic heterocycles. The van der Waals surface area contributed by atoms with E-state index < -0.39 is 17.5 Å². The first kappa shape index (κ1) is 15.3. The fraction of sp³-hybridized carbons (Fsp3) is 0. The molecular weight excluding hydrogens is 372 g/mol. The number of amides is 1. The van der Waals surface area contributed by atoms with Crippen molar-refractivity contribution in [1.29, 1.82) is 0 Å². The molecule has 0 aliphatic carbocycles. The third kappa shape index (κ3) is 2.81. The lowest BCUT2D eigenvalue weighted by molar-refractivity contribution is 0.102. The van der Waals surface area contributed by atoms with Crippen LogP contribution in [0.25, 0.3) is 20.8 Å². The van der Waals surface area contributed by atoms with E-state index >= 15 is 0 Å². The van der Waals surface area contributed by atoms with Crippen molar-refractivity contribution in [3.8, 4) is 10.6 Å². The summed E-state index contributed by atoms with van der Waals surface area (Å²) in [5, 5.41) is 9.20. The summed E-state index contributed by atoms with van der Waals surface area (Å²) in [6, 6.07) is 4.01. The number of halogens is 2. The Hall–Kier alpha value is -2.23. The first-order valence-corrected chi connectivity index (χ1v) is 9.29. The summed E-state index contributed by atoms with van der Waals surface area (Å²) < 4.78 is 26.9. The summed E-state index contributed by atoms with van der Waals surface area (Å²) in [5.41, 5.74) is 1.54. The average Bonchev–Trinajstić information content (AvgIpc) is 3.27. The zero-order valence-electron chi connectivity index (χ0n) is 11.7. The van der Waals surface area contributed by atoms with Crippen molar-refractivity contribution in [2.75, 3.05) is 5.32 Å². The summed E-state index contributed by atoms with van der Waals surface area (Å²) >= 11 is 4.00. The lowest BCUT2D eigenvalue weighted by atomic mass is 10.3. The lowest BCUT2D eigenvalue weighted by Gasteiger charge is -1.96. The molecule has 0 bridgehead atoms. The molecule has 0 fully saturated rings. The number of anilines is 1. The number of benzene rings is 1. The van der Waals surface area contributed by atoms with Crippen molar-refractivity contribution in [3.05, 3.63) is 51.7 Å². The van der Waals surface area contributed by atoms with Crippen LogP contribution in [0.5, 0.6) is 0 Å². The molecule has 0 unspecified atom stereocenters. The smallest absolute Gasteiger partial charge is 0.276 e. The van der Waals surface area contributed by atoms with Crippen molar-refractivity contribution >= 4 is 55.3 Å². The Morgan fingerprint density at radius 2 is 1.96 bits per heavy atom. The number of hydrogen-bond donors (Lipinski definition) is 1. The normalized spacial score (nSPS) is 11.1. The fourth-order valence-corrected chi connectivity index (χ4v) is 4.41. The Bertz CT molecular complexity index is 1000. The Morgan fingerprint density at radius 1 is 1.12 bits per heavy atom. The van der Waals surface area contributed by atoms with Gasteiger partial charge in [0.15, 0.2) is 16.8 Å². The van der Waals surface area contributed by atoms with Crippen LogP contribution in [0.2, 0.25) is 0 Å². The van der Waals surface area contributed by atoms with Gasteiger partial charge >= 0.3 is 0 Å². The molecule has 1 amide bonds. The standard InChI is InChI=1S/C15H7F2N3OS3/c16-8-3-10-12(4-9(8)17)24-15(19-10)20-13(21)11-6-23-14(18-11)7-1-2-22-5-7/h1-6H,(H,19,20,21). The number of thiophene rings is 1. The molecule has 24 heavy (non-hydrogen) atoms. The van der Waals surface area contributed by atoms with Gasteiger partial charge in [-0.05, 0) is 17.5 Å². The molecule has 0 spiro atoms. The second-order valence-corrected chi connectivity index (χ2v) is 7.43. The van der Waals surface area contributed by atoms with Gasteiger partial charge in [0.1, 0.15) is 10.7 Å². The van der Waals surface area contributed by atoms with E-state index in [1.54, 1.807) is 16.7 Å². The molecule has 3 heterocycles. The first-order valence-electron chi connectivity index (χ1n) is 6.65. The van der Waals surface area contributed by atoms with Gasteiger partial charge < -0.3 is 0 Å². The van der Waals surface area contributed by atoms with E-state index in [0.29, 0.717) is 10.2 Å². The van der Waals surface area contributed by atoms with Gasteiger partial charge in [-0.25, -0.2) is 18.7 Å². The lowest BCUT2D eigenvalue weighted by Crippen LogP contribution is -2.11. The number of carbonyl (C=O) groups is 1. The molecule has 3 aromatic heterocycles. The van der Waals surface area contributed by atoms with E-state index in [0.717, 1.165) is 34.0 Å². The van der Waals surface area contributed by atoms with Crippen LogP contribution in [-0.4, -0.2) is 15.9 Å². The predicted molar refractivity (Wildman–Crippen MR) is 92.9 cm³/mol. The van der Waals surface area contributed by atoms with Gasteiger partial charge in [0.2, 0.25) is 0 Å². The Balaban J connectivity index is 1.58. The third-order valence-corrected chi connectivity index (χ3v) is 5.66. The van der Waals surface area contributed by atoms with Gasteiger partial charge in [-0.2, -0.15) is 11.3 Å². The van der Waals surface area contributed by atoms with Crippen LogP contribution in [0.3, 0.4) is 0 Å². The molecule has 0 saturated carbocycles. The van der Waals surface area contributed by atoms with E-state index in [9.17, 15) is 13.6 Å². The van der Waals surface area contributed by atoms with E-state index in [4.69, 9.17) is 0 Å². The maximum absolute atomic E-state index is 13.2. The van der Waals surface area contributed by atoms with E-state index in [-0.39, 0.29) is 10.8 Å². The number of aromatic nitrogens is 2. The van der Waals surface area contributed by atoms with Gasteiger partial charge in [-0.15, -0.1) is 11.3 Å². The van der Waals surface area contributed by atoms with Crippen LogP contribution in [0, 0.1) is 11.6 Å². The summed E-state index contributed by atoms with van der Waals surface area (Å²) in [4.78, 5) is 20.7. The largest absolute Gasteiger partial charge is 0.296 e. The maximum Gasteiger partial charge on any atom is 0.276 e. The SMILES string of the molecule is O=C(Nc1nc2cc(F)c(F)cc2s1)c1csc(-c2ccsc2)n1. The number of carbonyl (C=O) groups excluding carboxylic acids is 1. The minimum atomic E-state index is -0.967. The molecule has 1 N–H and O–H groups in total. The van der Waals surface area contributed by atoms with Crippen LogP contribution < -0.4 is 5.32 Å². The van der Waals surface area contributed by atoms with Crippen molar-refractivity contribution in [2.45, 2.75) is 0 Å². The molecule has 4 rings (SSSR count). The minimum Gasteiger partial charge on any atom is -0.296 e. The highest BCUT2D eigenvalue weighted by Gasteiger charge is 2.15. The van der Waals surface area contributed by atoms with Crippen LogP contribution >= 0.6 is 34.0 Å². The van der Waals surface area contributed by atoms with E-state index in [2.05, 4.69) is 15.3 Å². The number of fused-ring (bicyclic) bond motifs is 1. The van der Waals surface area contributed by atoms with Crippen LogP contribution in [0.4, 0.5) is 13.9 Å². The molecule has 0 radical (unpaired) electrons. The fourth-order valence-electron chi connectivity index (χ4n) is 2.03. The molecule has 0 saturated heterocycles. The number of nitrogens with one attached hydrogen (secondary N) is 1. The zero-order valence-corrected chi connectivity index (χ0v) is 14.2. The van der Waals surface area contributed by atoms with Crippen molar-refractivity contribution in [2.24, 2.45) is 0 Å². The molecule has 120 valence electrons. The highest BCUT2D eigenvalue weighted by Crippen LogP contribution is 2.29. The second kappa shape index (κ2) is 6.00. The van der Waals surface area contributed by atoms with E-state index in [1.165, 1.54) is 11.3 Å². The summed E-state index contributed by atoms with van der Waals surface area (Å²) in [6.07, 6.45) is 0. The molecule has 4 nitrogen and oxygen atoms in total. The number of nitrogens with zero attached hydrogens (tertiary/aromatic N) is 2. The van der Waals surface area contributed by atoms with Crippen LogP contribution in [0.1, 0.15) is 10.5 Å². The van der Waals surface area contributed by atoms with Crippen molar-refractivity contribution in [3.63, 3.8) is 0 Å².